The quantitative estimate of drug-likeness (QED) is 0.586. The number of aryl methyl sites for hydroxylation is 3. The van der Waals surface area contributed by atoms with E-state index in [9.17, 15) is 0 Å². The first-order valence-electron chi connectivity index (χ1n) is 8.56. The Morgan fingerprint density at radius 2 is 1.85 bits per heavy atom. The summed E-state index contributed by atoms with van der Waals surface area (Å²) in [6, 6.07) is 10.2. The summed E-state index contributed by atoms with van der Waals surface area (Å²) in [5.41, 5.74) is 13.1. The van der Waals surface area contributed by atoms with Crippen molar-refractivity contribution in [1.29, 1.82) is 0 Å². The van der Waals surface area contributed by atoms with E-state index in [1.807, 2.05) is 24.3 Å². The number of aliphatic imine (C=N–C) groups is 1. The van der Waals surface area contributed by atoms with Crippen LogP contribution < -0.4 is 16.4 Å². The Kier molecular flexibility index (Phi) is 3.77. The largest absolute Gasteiger partial charge is 0.342 e. The highest BCUT2D eigenvalue weighted by atomic mass is 15.3. The highest BCUT2D eigenvalue weighted by Gasteiger charge is 2.29. The van der Waals surface area contributed by atoms with E-state index in [-0.39, 0.29) is 0 Å². The van der Waals surface area contributed by atoms with Crippen LogP contribution in [0.4, 0.5) is 5.69 Å². The van der Waals surface area contributed by atoms with Gasteiger partial charge in [-0.3, -0.25) is 10.8 Å². The van der Waals surface area contributed by atoms with Gasteiger partial charge in [0.05, 0.1) is 11.7 Å². The fourth-order valence-electron chi connectivity index (χ4n) is 3.42. The molecule has 5 N–H and O–H groups in total. The zero-order valence-electron chi connectivity index (χ0n) is 15.1. The first-order chi connectivity index (χ1) is 12.4. The first-order valence-corrected chi connectivity index (χ1v) is 8.56. The topological polar surface area (TPSA) is 91.1 Å². The van der Waals surface area contributed by atoms with Crippen LogP contribution in [-0.4, -0.2) is 16.4 Å². The Bertz CT molecular complexity index is 1020. The summed E-state index contributed by atoms with van der Waals surface area (Å²) in [5.74, 6) is -0.223. The maximum Gasteiger partial charge on any atom is 0.210 e. The van der Waals surface area contributed by atoms with Crippen molar-refractivity contribution in [3.05, 3.63) is 70.7 Å². The van der Waals surface area contributed by atoms with Crippen LogP contribution in [0, 0.1) is 20.8 Å². The predicted molar refractivity (Wildman–Crippen MR) is 106 cm³/mol. The molecule has 3 aromatic rings. The number of H-pyrrole nitrogens is 1. The van der Waals surface area contributed by atoms with Crippen LogP contribution in [0.2, 0.25) is 0 Å². The van der Waals surface area contributed by atoms with Crippen LogP contribution in [-0.2, 0) is 5.79 Å². The van der Waals surface area contributed by atoms with Gasteiger partial charge >= 0.3 is 0 Å². The molecule has 6 heteroatoms. The van der Waals surface area contributed by atoms with Crippen molar-refractivity contribution >= 4 is 22.8 Å². The lowest BCUT2D eigenvalue weighted by molar-refractivity contribution is 0.399. The van der Waals surface area contributed by atoms with E-state index in [1.54, 1.807) is 12.4 Å². The lowest BCUT2D eigenvalue weighted by atomic mass is 10.0. The van der Waals surface area contributed by atoms with Crippen molar-refractivity contribution in [1.82, 2.24) is 15.5 Å². The molecule has 0 bridgehead atoms. The number of benzene rings is 2. The molecule has 0 spiro atoms. The fourth-order valence-corrected chi connectivity index (χ4v) is 3.42. The number of rotatable bonds is 3. The molecular weight excluding hydrogens is 324 g/mol. The van der Waals surface area contributed by atoms with Crippen LogP contribution in [0.1, 0.15) is 22.3 Å². The molecule has 26 heavy (non-hydrogen) atoms. The van der Waals surface area contributed by atoms with Gasteiger partial charge in [0.1, 0.15) is 5.82 Å². The third kappa shape index (κ3) is 2.84. The predicted octanol–water partition coefficient (Wildman–Crippen LogP) is 3.18. The fraction of sp³-hybridized carbons (Fsp3) is 0.200. The molecule has 0 radical (unpaired) electrons. The molecule has 2 aromatic carbocycles. The Hall–Kier alpha value is -3.12. The molecule has 1 unspecified atom stereocenters. The Balaban J connectivity index is 1.63. The zero-order chi connectivity index (χ0) is 18.3. The van der Waals surface area contributed by atoms with E-state index < -0.39 is 5.79 Å². The van der Waals surface area contributed by atoms with Crippen molar-refractivity contribution in [2.75, 3.05) is 5.32 Å². The second-order valence-corrected chi connectivity index (χ2v) is 6.82. The van der Waals surface area contributed by atoms with Crippen LogP contribution in [0.25, 0.3) is 10.9 Å². The zero-order valence-corrected chi connectivity index (χ0v) is 15.1. The van der Waals surface area contributed by atoms with E-state index in [4.69, 9.17) is 5.73 Å². The van der Waals surface area contributed by atoms with Gasteiger partial charge in [-0.15, -0.1) is 0 Å². The van der Waals surface area contributed by atoms with Gasteiger partial charge in [0.2, 0.25) is 5.79 Å². The van der Waals surface area contributed by atoms with Crippen LogP contribution in [0.15, 0.2) is 53.4 Å². The minimum absolute atomic E-state index is 0.810. The number of nitrogens with one attached hydrogen (secondary N) is 3. The molecule has 1 aromatic heterocycles. The standard InChI is InChI=1S/C20H22N6/c1-12-8-13(2)19(14(3)9-12)24-18-6-7-22-20(21,25-18)16-4-5-17-15(10-16)11-23-26-17/h4-11,24-25H,21H2,1-3H3,(H,23,26). The van der Waals surface area contributed by atoms with E-state index in [1.165, 1.54) is 16.7 Å². The number of hydrogen-bond acceptors (Lipinski definition) is 5. The molecule has 4 rings (SSSR count). The monoisotopic (exact) mass is 346 g/mol. The molecule has 2 heterocycles. The van der Waals surface area contributed by atoms with Gasteiger partial charge in [-0.2, -0.15) is 5.10 Å². The highest BCUT2D eigenvalue weighted by molar-refractivity contribution is 5.80. The van der Waals surface area contributed by atoms with Crippen LogP contribution in [0.5, 0.6) is 0 Å². The number of hydrogen-bond donors (Lipinski definition) is 4. The normalized spacial score (nSPS) is 19.3. The highest BCUT2D eigenvalue weighted by Crippen LogP contribution is 2.27. The molecule has 1 atom stereocenters. The second-order valence-electron chi connectivity index (χ2n) is 6.82. The molecule has 0 amide bonds. The maximum atomic E-state index is 6.56. The number of aromatic amines is 1. The van der Waals surface area contributed by atoms with Gasteiger partial charge in [0, 0.05) is 22.9 Å². The van der Waals surface area contributed by atoms with Gasteiger partial charge in [-0.05, 0) is 50.1 Å². The molecular formula is C20H22N6. The van der Waals surface area contributed by atoms with Crippen molar-refractivity contribution in [3.8, 4) is 0 Å². The summed E-state index contributed by atoms with van der Waals surface area (Å²) < 4.78 is 0. The smallest absolute Gasteiger partial charge is 0.210 e. The maximum absolute atomic E-state index is 6.56. The second kappa shape index (κ2) is 6.00. The summed E-state index contributed by atoms with van der Waals surface area (Å²) in [5, 5.41) is 14.8. The van der Waals surface area contributed by atoms with Crippen molar-refractivity contribution in [2.24, 2.45) is 10.7 Å². The van der Waals surface area contributed by atoms with Gasteiger partial charge in [0.25, 0.3) is 0 Å². The average Bonchev–Trinajstić information content (AvgIpc) is 3.06. The van der Waals surface area contributed by atoms with E-state index in [2.05, 4.69) is 58.7 Å². The van der Waals surface area contributed by atoms with E-state index in [0.717, 1.165) is 28.0 Å². The minimum atomic E-state index is -1.03. The lowest BCUT2D eigenvalue weighted by Crippen LogP contribution is -2.51. The van der Waals surface area contributed by atoms with Gasteiger partial charge < -0.3 is 10.6 Å². The van der Waals surface area contributed by atoms with Gasteiger partial charge in [0.15, 0.2) is 0 Å². The third-order valence-corrected chi connectivity index (χ3v) is 4.66. The minimum Gasteiger partial charge on any atom is -0.342 e. The van der Waals surface area contributed by atoms with Gasteiger partial charge in [-0.1, -0.05) is 23.8 Å². The Labute approximate surface area is 152 Å². The number of anilines is 1. The summed E-state index contributed by atoms with van der Waals surface area (Å²) in [4.78, 5) is 4.47. The number of aromatic nitrogens is 2. The van der Waals surface area contributed by atoms with Crippen LogP contribution in [0.3, 0.4) is 0 Å². The van der Waals surface area contributed by atoms with E-state index >= 15 is 0 Å². The number of allylic oxidation sites excluding steroid dienone is 1. The molecule has 1 aliphatic rings. The number of fused-ring (bicyclic) bond motifs is 1. The Morgan fingerprint density at radius 3 is 2.62 bits per heavy atom. The molecule has 0 fully saturated rings. The molecule has 0 saturated carbocycles. The molecule has 0 saturated heterocycles. The summed E-state index contributed by atoms with van der Waals surface area (Å²) in [7, 11) is 0. The summed E-state index contributed by atoms with van der Waals surface area (Å²) >= 11 is 0. The lowest BCUT2D eigenvalue weighted by Gasteiger charge is -2.32. The molecule has 1 aliphatic heterocycles. The number of nitrogens with zero attached hydrogens (tertiary/aromatic N) is 2. The summed E-state index contributed by atoms with van der Waals surface area (Å²) in [6.07, 6.45) is 5.40. The third-order valence-electron chi connectivity index (χ3n) is 4.66. The first kappa shape index (κ1) is 16.4. The summed E-state index contributed by atoms with van der Waals surface area (Å²) in [6.45, 7) is 6.30. The van der Waals surface area contributed by atoms with E-state index in [0.29, 0.717) is 0 Å². The SMILES string of the molecule is Cc1cc(C)c(NC2=CC=NC(N)(c3ccc4[nH]ncc4c3)N2)c(C)c1. The molecule has 132 valence electrons. The van der Waals surface area contributed by atoms with Crippen molar-refractivity contribution in [3.63, 3.8) is 0 Å². The number of nitrogens with two attached hydrogens (primary N) is 1. The van der Waals surface area contributed by atoms with Crippen molar-refractivity contribution in [2.45, 2.75) is 26.6 Å². The molecule has 6 nitrogen and oxygen atoms in total. The van der Waals surface area contributed by atoms with Crippen LogP contribution >= 0.6 is 0 Å². The Morgan fingerprint density at radius 1 is 1.08 bits per heavy atom. The average molecular weight is 346 g/mol. The molecule has 0 aliphatic carbocycles. The van der Waals surface area contributed by atoms with Crippen molar-refractivity contribution < 1.29 is 0 Å². The van der Waals surface area contributed by atoms with Gasteiger partial charge in [-0.25, -0.2) is 4.99 Å².